The maximum Gasteiger partial charge on any atom is 0.258 e. The van der Waals surface area contributed by atoms with Crippen molar-refractivity contribution in [1.82, 2.24) is 14.9 Å². The van der Waals surface area contributed by atoms with Gasteiger partial charge in [-0.2, -0.15) is 0 Å². The van der Waals surface area contributed by atoms with Crippen molar-refractivity contribution in [2.24, 2.45) is 0 Å². The van der Waals surface area contributed by atoms with Crippen LogP contribution in [0.15, 0.2) is 59.4 Å². The highest BCUT2D eigenvalue weighted by Crippen LogP contribution is 2.06. The summed E-state index contributed by atoms with van der Waals surface area (Å²) in [5, 5.41) is 0.620. The van der Waals surface area contributed by atoms with Crippen molar-refractivity contribution in [1.29, 1.82) is 0 Å². The fourth-order valence-corrected chi connectivity index (χ4v) is 3.76. The molecule has 0 saturated carbocycles. The molecular formula is C22H25N4O2+. The first-order chi connectivity index (χ1) is 13.7. The number of quaternary nitrogens is 1. The number of H-pyrrole nitrogens is 1. The second-order valence-electron chi connectivity index (χ2n) is 7.32. The van der Waals surface area contributed by atoms with Crippen molar-refractivity contribution in [3.05, 3.63) is 76.3 Å². The molecule has 2 heterocycles. The third-order valence-electron chi connectivity index (χ3n) is 5.37. The van der Waals surface area contributed by atoms with Gasteiger partial charge in [-0.25, -0.2) is 4.98 Å². The van der Waals surface area contributed by atoms with Gasteiger partial charge in [0, 0.05) is 6.42 Å². The Hall–Kier alpha value is -2.99. The standard InChI is InChI=1S/C22H24N4O2/c27-21(11-10-17-6-2-1-3-7-17)26-14-12-25(13-15-26)16-20-23-19-9-5-4-8-18(19)22(28)24-20/h1-9H,10-16H2,(H,23,24,28)/p+1. The highest BCUT2D eigenvalue weighted by molar-refractivity contribution is 5.77. The predicted molar refractivity (Wildman–Crippen MR) is 108 cm³/mol. The highest BCUT2D eigenvalue weighted by atomic mass is 16.2. The van der Waals surface area contributed by atoms with Crippen LogP contribution in [0.1, 0.15) is 17.8 Å². The molecule has 3 aromatic rings. The average molecular weight is 377 g/mol. The number of nitrogens with zero attached hydrogens (tertiary/aromatic N) is 2. The molecule has 144 valence electrons. The number of carbonyl (C=O) groups is 1. The Labute approximate surface area is 163 Å². The molecule has 0 bridgehead atoms. The lowest BCUT2D eigenvalue weighted by Gasteiger charge is -2.32. The molecule has 0 aliphatic carbocycles. The van der Waals surface area contributed by atoms with Crippen LogP contribution in [0.25, 0.3) is 10.9 Å². The lowest BCUT2D eigenvalue weighted by atomic mass is 10.1. The number of aromatic nitrogens is 2. The maximum absolute atomic E-state index is 12.5. The van der Waals surface area contributed by atoms with E-state index in [2.05, 4.69) is 22.1 Å². The quantitative estimate of drug-likeness (QED) is 0.691. The summed E-state index contributed by atoms with van der Waals surface area (Å²) >= 11 is 0. The summed E-state index contributed by atoms with van der Waals surface area (Å²) in [5.41, 5.74) is 1.84. The minimum absolute atomic E-state index is 0.0882. The van der Waals surface area contributed by atoms with E-state index in [-0.39, 0.29) is 11.5 Å². The van der Waals surface area contributed by atoms with E-state index in [0.717, 1.165) is 38.1 Å². The van der Waals surface area contributed by atoms with Gasteiger partial charge in [0.25, 0.3) is 5.56 Å². The van der Waals surface area contributed by atoms with Crippen LogP contribution in [0.5, 0.6) is 0 Å². The van der Waals surface area contributed by atoms with Crippen molar-refractivity contribution in [2.45, 2.75) is 19.4 Å². The van der Waals surface area contributed by atoms with Crippen LogP contribution in [0.2, 0.25) is 0 Å². The van der Waals surface area contributed by atoms with Gasteiger partial charge in [-0.1, -0.05) is 42.5 Å². The summed E-state index contributed by atoms with van der Waals surface area (Å²) in [6, 6.07) is 17.5. The third kappa shape index (κ3) is 4.28. The van der Waals surface area contributed by atoms with Crippen molar-refractivity contribution in [3.8, 4) is 0 Å². The third-order valence-corrected chi connectivity index (χ3v) is 5.37. The number of rotatable bonds is 5. The molecule has 0 atom stereocenters. The molecule has 2 aromatic carbocycles. The number of hydrogen-bond acceptors (Lipinski definition) is 3. The molecule has 1 aliphatic rings. The summed E-state index contributed by atoms with van der Waals surface area (Å²) in [5.74, 6) is 0.933. The minimum atomic E-state index is -0.0882. The van der Waals surface area contributed by atoms with E-state index in [9.17, 15) is 9.59 Å². The molecular weight excluding hydrogens is 352 g/mol. The van der Waals surface area contributed by atoms with Gasteiger partial charge in [0.2, 0.25) is 5.91 Å². The molecule has 1 fully saturated rings. The van der Waals surface area contributed by atoms with Crippen molar-refractivity contribution in [3.63, 3.8) is 0 Å². The number of fused-ring (bicyclic) bond motifs is 1. The average Bonchev–Trinajstić information content (AvgIpc) is 2.73. The zero-order valence-electron chi connectivity index (χ0n) is 15.9. The summed E-state index contributed by atoms with van der Waals surface area (Å²) in [6.45, 7) is 3.91. The smallest absolute Gasteiger partial charge is 0.258 e. The summed E-state index contributed by atoms with van der Waals surface area (Å²) in [6.07, 6.45) is 1.34. The van der Waals surface area contributed by atoms with Crippen LogP contribution in [0, 0.1) is 0 Å². The van der Waals surface area contributed by atoms with Gasteiger partial charge in [0.15, 0.2) is 5.82 Å². The summed E-state index contributed by atoms with van der Waals surface area (Å²) in [7, 11) is 0. The van der Waals surface area contributed by atoms with Crippen LogP contribution in [-0.2, 0) is 17.8 Å². The van der Waals surface area contributed by atoms with Gasteiger partial charge in [-0.15, -0.1) is 0 Å². The first kappa shape index (κ1) is 18.4. The molecule has 6 nitrogen and oxygen atoms in total. The van der Waals surface area contributed by atoms with Gasteiger partial charge >= 0.3 is 0 Å². The monoisotopic (exact) mass is 377 g/mol. The molecule has 4 rings (SSSR count). The van der Waals surface area contributed by atoms with E-state index in [1.165, 1.54) is 10.5 Å². The topological polar surface area (TPSA) is 70.5 Å². The number of para-hydroxylation sites is 1. The first-order valence-corrected chi connectivity index (χ1v) is 9.82. The molecule has 1 aromatic heterocycles. The Bertz CT molecular complexity index is 1010. The largest absolute Gasteiger partial charge is 0.331 e. The highest BCUT2D eigenvalue weighted by Gasteiger charge is 2.24. The van der Waals surface area contributed by atoms with E-state index in [0.29, 0.717) is 24.2 Å². The molecule has 28 heavy (non-hydrogen) atoms. The van der Waals surface area contributed by atoms with Gasteiger partial charge < -0.3 is 14.8 Å². The fraction of sp³-hybridized carbons (Fsp3) is 0.318. The molecule has 6 heteroatoms. The molecule has 2 N–H and O–H groups in total. The zero-order valence-corrected chi connectivity index (χ0v) is 15.9. The van der Waals surface area contributed by atoms with Gasteiger partial charge in [-0.05, 0) is 24.1 Å². The van der Waals surface area contributed by atoms with Gasteiger partial charge in [-0.3, -0.25) is 9.59 Å². The predicted octanol–water partition coefficient (Wildman–Crippen LogP) is 0.783. The van der Waals surface area contributed by atoms with Crippen LogP contribution in [0.4, 0.5) is 0 Å². The van der Waals surface area contributed by atoms with E-state index >= 15 is 0 Å². The molecule has 0 radical (unpaired) electrons. The lowest BCUT2D eigenvalue weighted by molar-refractivity contribution is -0.918. The lowest BCUT2D eigenvalue weighted by Crippen LogP contribution is -3.13. The number of carbonyl (C=O) groups excluding carboxylic acids is 1. The Kier molecular flexibility index (Phi) is 5.48. The SMILES string of the molecule is O=C(CCc1ccccc1)N1CC[NH+](Cc2nc3ccccc3c(=O)[nH]2)CC1. The maximum atomic E-state index is 12.5. The number of aromatic amines is 1. The number of aryl methyl sites for hydroxylation is 1. The van der Waals surface area contributed by atoms with Crippen LogP contribution < -0.4 is 10.5 Å². The molecule has 0 spiro atoms. The minimum Gasteiger partial charge on any atom is -0.331 e. The Morgan fingerprint density at radius 2 is 1.75 bits per heavy atom. The van der Waals surface area contributed by atoms with Gasteiger partial charge in [0.1, 0.15) is 6.54 Å². The Morgan fingerprint density at radius 1 is 1.04 bits per heavy atom. The van der Waals surface area contributed by atoms with Crippen LogP contribution in [-0.4, -0.2) is 47.0 Å². The van der Waals surface area contributed by atoms with E-state index in [1.807, 2.05) is 41.3 Å². The number of nitrogens with one attached hydrogen (secondary N) is 2. The number of hydrogen-bond donors (Lipinski definition) is 2. The van der Waals surface area contributed by atoms with Crippen LogP contribution >= 0.6 is 0 Å². The number of piperazine rings is 1. The fourth-order valence-electron chi connectivity index (χ4n) is 3.76. The van der Waals surface area contributed by atoms with E-state index < -0.39 is 0 Å². The molecule has 1 aliphatic heterocycles. The second-order valence-corrected chi connectivity index (χ2v) is 7.32. The summed E-state index contributed by atoms with van der Waals surface area (Å²) < 4.78 is 0. The Balaban J connectivity index is 1.30. The number of amides is 1. The molecule has 1 amide bonds. The van der Waals surface area contributed by atoms with Crippen molar-refractivity contribution < 1.29 is 9.69 Å². The van der Waals surface area contributed by atoms with E-state index in [1.54, 1.807) is 6.07 Å². The second kappa shape index (κ2) is 8.35. The first-order valence-electron chi connectivity index (χ1n) is 9.82. The van der Waals surface area contributed by atoms with Crippen molar-refractivity contribution in [2.75, 3.05) is 26.2 Å². The normalized spacial score (nSPS) is 15.1. The number of benzene rings is 2. The van der Waals surface area contributed by atoms with Crippen LogP contribution in [0.3, 0.4) is 0 Å². The molecule has 1 saturated heterocycles. The zero-order chi connectivity index (χ0) is 19.3. The van der Waals surface area contributed by atoms with E-state index in [4.69, 9.17) is 0 Å². The molecule has 0 unspecified atom stereocenters. The Morgan fingerprint density at radius 3 is 2.54 bits per heavy atom. The van der Waals surface area contributed by atoms with Gasteiger partial charge in [0.05, 0.1) is 37.1 Å². The van der Waals surface area contributed by atoms with Crippen molar-refractivity contribution >= 4 is 16.8 Å². The summed E-state index contributed by atoms with van der Waals surface area (Å²) in [4.78, 5) is 35.5.